The maximum absolute atomic E-state index is 10.8. The van der Waals surface area contributed by atoms with E-state index in [0.717, 1.165) is 16.9 Å². The highest BCUT2D eigenvalue weighted by molar-refractivity contribution is 5.44. The second kappa shape index (κ2) is 6.26. The molecule has 0 aliphatic carbocycles. The number of nitrogens with zero attached hydrogens (tertiary/aromatic N) is 1. The molecule has 0 aliphatic heterocycles. The molecule has 2 rings (SSSR count). The Balaban J connectivity index is 2.21. The Morgan fingerprint density at radius 1 is 1.10 bits per heavy atom. The second-order valence-electron chi connectivity index (χ2n) is 4.87. The molecule has 0 saturated carbocycles. The standard InChI is InChI=1S/C16H17NO4/c1-11-6-12(2)8-15(7-11)21-10-13-9-14(17(18)19)4-5-16(13)20-3/h4-9H,10H2,1-3H3. The predicted octanol–water partition coefficient (Wildman–Crippen LogP) is 3.80. The summed E-state index contributed by atoms with van der Waals surface area (Å²) in [6.07, 6.45) is 0. The number of hydrogen-bond acceptors (Lipinski definition) is 4. The lowest BCUT2D eigenvalue weighted by Gasteiger charge is -2.11. The molecule has 0 saturated heterocycles. The quantitative estimate of drug-likeness (QED) is 0.620. The van der Waals surface area contributed by atoms with E-state index in [9.17, 15) is 10.1 Å². The van der Waals surface area contributed by atoms with Crippen molar-refractivity contribution in [3.8, 4) is 11.5 Å². The van der Waals surface area contributed by atoms with Gasteiger partial charge < -0.3 is 9.47 Å². The summed E-state index contributed by atoms with van der Waals surface area (Å²) in [6.45, 7) is 4.20. The fourth-order valence-electron chi connectivity index (χ4n) is 2.17. The van der Waals surface area contributed by atoms with Gasteiger partial charge >= 0.3 is 0 Å². The van der Waals surface area contributed by atoms with Gasteiger partial charge in [-0.3, -0.25) is 10.1 Å². The van der Waals surface area contributed by atoms with E-state index in [4.69, 9.17) is 9.47 Å². The number of methoxy groups -OCH3 is 1. The third-order valence-corrected chi connectivity index (χ3v) is 3.06. The van der Waals surface area contributed by atoms with Gasteiger partial charge in [0.2, 0.25) is 0 Å². The maximum Gasteiger partial charge on any atom is 0.270 e. The summed E-state index contributed by atoms with van der Waals surface area (Å²) in [4.78, 5) is 10.4. The minimum absolute atomic E-state index is 0.0230. The lowest BCUT2D eigenvalue weighted by Crippen LogP contribution is -2.00. The van der Waals surface area contributed by atoms with Crippen LogP contribution in [0.2, 0.25) is 0 Å². The van der Waals surface area contributed by atoms with Crippen LogP contribution in [0.3, 0.4) is 0 Å². The molecule has 0 atom stereocenters. The molecular formula is C16H17NO4. The van der Waals surface area contributed by atoms with Crippen LogP contribution in [-0.4, -0.2) is 12.0 Å². The van der Waals surface area contributed by atoms with E-state index in [1.54, 1.807) is 6.07 Å². The first kappa shape index (κ1) is 14.8. The molecule has 0 heterocycles. The van der Waals surface area contributed by atoms with E-state index in [2.05, 4.69) is 6.07 Å². The summed E-state index contributed by atoms with van der Waals surface area (Å²) in [5.74, 6) is 1.31. The molecule has 2 aromatic carbocycles. The van der Waals surface area contributed by atoms with E-state index < -0.39 is 4.92 Å². The topological polar surface area (TPSA) is 61.6 Å². The molecule has 0 aromatic heterocycles. The van der Waals surface area contributed by atoms with Crippen LogP contribution in [0.5, 0.6) is 11.5 Å². The molecule has 5 heteroatoms. The van der Waals surface area contributed by atoms with Crippen molar-refractivity contribution in [2.24, 2.45) is 0 Å². The van der Waals surface area contributed by atoms with Gasteiger partial charge in [-0.2, -0.15) is 0 Å². The number of benzene rings is 2. The minimum atomic E-state index is -0.431. The number of aryl methyl sites for hydroxylation is 2. The van der Waals surface area contributed by atoms with Gasteiger partial charge in [0.25, 0.3) is 5.69 Å². The summed E-state index contributed by atoms with van der Waals surface area (Å²) >= 11 is 0. The molecule has 21 heavy (non-hydrogen) atoms. The normalized spacial score (nSPS) is 10.2. The Kier molecular flexibility index (Phi) is 4.42. The summed E-state index contributed by atoms with van der Waals surface area (Å²) in [5, 5.41) is 10.8. The zero-order chi connectivity index (χ0) is 15.4. The van der Waals surface area contributed by atoms with Gasteiger partial charge in [0.05, 0.1) is 12.0 Å². The van der Waals surface area contributed by atoms with Gasteiger partial charge in [-0.05, 0) is 43.2 Å². The fraction of sp³-hybridized carbons (Fsp3) is 0.250. The summed E-state index contributed by atoms with van der Waals surface area (Å²) in [7, 11) is 1.53. The van der Waals surface area contributed by atoms with Gasteiger partial charge in [0.1, 0.15) is 18.1 Å². The average molecular weight is 287 g/mol. The summed E-state index contributed by atoms with van der Waals surface area (Å²) in [5.41, 5.74) is 2.88. The van der Waals surface area contributed by atoms with E-state index in [1.807, 2.05) is 26.0 Å². The maximum atomic E-state index is 10.8. The van der Waals surface area contributed by atoms with Crippen LogP contribution in [0.1, 0.15) is 16.7 Å². The van der Waals surface area contributed by atoms with Crippen LogP contribution < -0.4 is 9.47 Å². The number of hydrogen-bond donors (Lipinski definition) is 0. The summed E-state index contributed by atoms with van der Waals surface area (Å²) < 4.78 is 10.9. The molecular weight excluding hydrogens is 270 g/mol. The van der Waals surface area contributed by atoms with Crippen LogP contribution in [0.15, 0.2) is 36.4 Å². The monoisotopic (exact) mass is 287 g/mol. The highest BCUT2D eigenvalue weighted by Gasteiger charge is 2.12. The molecule has 0 N–H and O–H groups in total. The molecule has 2 aromatic rings. The van der Waals surface area contributed by atoms with Gasteiger partial charge in [-0.15, -0.1) is 0 Å². The fourth-order valence-corrected chi connectivity index (χ4v) is 2.17. The highest BCUT2D eigenvalue weighted by Crippen LogP contribution is 2.26. The molecule has 110 valence electrons. The Hall–Kier alpha value is -2.56. The van der Waals surface area contributed by atoms with E-state index in [1.165, 1.54) is 19.2 Å². The average Bonchev–Trinajstić information content (AvgIpc) is 2.43. The SMILES string of the molecule is COc1ccc([N+](=O)[O-])cc1COc1cc(C)cc(C)c1. The minimum Gasteiger partial charge on any atom is -0.496 e. The summed E-state index contributed by atoms with van der Waals surface area (Å²) in [6, 6.07) is 10.4. The largest absolute Gasteiger partial charge is 0.496 e. The van der Waals surface area contributed by atoms with Crippen molar-refractivity contribution in [1.82, 2.24) is 0 Å². The molecule has 0 bridgehead atoms. The van der Waals surface area contributed by atoms with Crippen molar-refractivity contribution in [2.75, 3.05) is 7.11 Å². The zero-order valence-electron chi connectivity index (χ0n) is 12.3. The van der Waals surface area contributed by atoms with Crippen molar-refractivity contribution < 1.29 is 14.4 Å². The highest BCUT2D eigenvalue weighted by atomic mass is 16.6. The third-order valence-electron chi connectivity index (χ3n) is 3.06. The molecule has 0 aliphatic rings. The second-order valence-corrected chi connectivity index (χ2v) is 4.87. The van der Waals surface area contributed by atoms with Crippen LogP contribution >= 0.6 is 0 Å². The molecule has 0 spiro atoms. The number of nitro benzene ring substituents is 1. The first-order chi connectivity index (χ1) is 9.99. The first-order valence-corrected chi connectivity index (χ1v) is 6.52. The number of ether oxygens (including phenoxy) is 2. The van der Waals surface area contributed by atoms with Crippen molar-refractivity contribution in [1.29, 1.82) is 0 Å². The molecule has 0 radical (unpaired) electrons. The van der Waals surface area contributed by atoms with Crippen molar-refractivity contribution in [2.45, 2.75) is 20.5 Å². The van der Waals surface area contributed by atoms with E-state index in [0.29, 0.717) is 11.3 Å². The van der Waals surface area contributed by atoms with Crippen LogP contribution in [0.4, 0.5) is 5.69 Å². The Morgan fingerprint density at radius 3 is 2.33 bits per heavy atom. The molecule has 0 fully saturated rings. The lowest BCUT2D eigenvalue weighted by molar-refractivity contribution is -0.385. The number of nitro groups is 1. The van der Waals surface area contributed by atoms with Crippen molar-refractivity contribution in [3.63, 3.8) is 0 Å². The van der Waals surface area contributed by atoms with Gasteiger partial charge in [0.15, 0.2) is 0 Å². The van der Waals surface area contributed by atoms with Crippen molar-refractivity contribution >= 4 is 5.69 Å². The molecule has 0 unspecified atom stereocenters. The lowest BCUT2D eigenvalue weighted by atomic mass is 10.1. The van der Waals surface area contributed by atoms with Gasteiger partial charge in [-0.1, -0.05) is 6.07 Å². The smallest absolute Gasteiger partial charge is 0.270 e. The number of rotatable bonds is 5. The van der Waals surface area contributed by atoms with Crippen LogP contribution in [0, 0.1) is 24.0 Å². The van der Waals surface area contributed by atoms with Gasteiger partial charge in [0, 0.05) is 17.7 Å². The first-order valence-electron chi connectivity index (χ1n) is 6.52. The van der Waals surface area contributed by atoms with E-state index >= 15 is 0 Å². The Labute approximate surface area is 123 Å². The van der Waals surface area contributed by atoms with Crippen LogP contribution in [0.25, 0.3) is 0 Å². The predicted molar refractivity (Wildman–Crippen MR) is 79.9 cm³/mol. The zero-order valence-corrected chi connectivity index (χ0v) is 12.3. The molecule has 5 nitrogen and oxygen atoms in total. The Bertz CT molecular complexity index is 647. The van der Waals surface area contributed by atoms with E-state index in [-0.39, 0.29) is 12.3 Å². The number of non-ortho nitro benzene ring substituents is 1. The Morgan fingerprint density at radius 2 is 1.76 bits per heavy atom. The van der Waals surface area contributed by atoms with Crippen LogP contribution in [-0.2, 0) is 6.61 Å². The van der Waals surface area contributed by atoms with Gasteiger partial charge in [-0.25, -0.2) is 0 Å². The molecule has 0 amide bonds. The third kappa shape index (κ3) is 3.72. The van der Waals surface area contributed by atoms with Crippen molar-refractivity contribution in [3.05, 3.63) is 63.2 Å².